The second-order valence-corrected chi connectivity index (χ2v) is 6.00. The van der Waals surface area contributed by atoms with Gasteiger partial charge < -0.3 is 20.1 Å². The maximum atomic E-state index is 12.1. The lowest BCUT2D eigenvalue weighted by Crippen LogP contribution is -2.33. The summed E-state index contributed by atoms with van der Waals surface area (Å²) in [4.78, 5) is 36.1. The van der Waals surface area contributed by atoms with E-state index in [4.69, 9.17) is 9.47 Å². The zero-order valence-electron chi connectivity index (χ0n) is 14.0. The van der Waals surface area contributed by atoms with Gasteiger partial charge >= 0.3 is 6.03 Å². The molecule has 1 unspecified atom stereocenters. The zero-order valence-corrected chi connectivity index (χ0v) is 14.0. The van der Waals surface area contributed by atoms with Gasteiger partial charge in [0.2, 0.25) is 11.8 Å². The molecule has 1 atom stereocenters. The van der Waals surface area contributed by atoms with E-state index in [0.717, 1.165) is 10.5 Å². The molecule has 8 nitrogen and oxygen atoms in total. The molecular formula is C17H21N3O5. The Morgan fingerprint density at radius 1 is 1.28 bits per heavy atom. The number of hydrogen-bond acceptors (Lipinski definition) is 5. The number of nitrogens with one attached hydrogen (secondary N) is 2. The van der Waals surface area contributed by atoms with E-state index in [0.29, 0.717) is 31.1 Å². The summed E-state index contributed by atoms with van der Waals surface area (Å²) < 4.78 is 11.0. The van der Waals surface area contributed by atoms with Crippen LogP contribution < -0.4 is 20.1 Å². The molecule has 8 heteroatoms. The molecule has 0 radical (unpaired) electrons. The van der Waals surface area contributed by atoms with Crippen LogP contribution in [-0.2, 0) is 9.59 Å². The summed E-state index contributed by atoms with van der Waals surface area (Å²) in [6.07, 6.45) is 0.671. The molecule has 1 aromatic carbocycles. The smallest absolute Gasteiger partial charge is 0.324 e. The molecule has 3 rings (SSSR count). The first kappa shape index (κ1) is 17.1. The number of urea groups is 1. The number of ether oxygens (including phenoxy) is 2. The highest BCUT2D eigenvalue weighted by molar-refractivity contribution is 6.01. The van der Waals surface area contributed by atoms with Gasteiger partial charge in [0.05, 0.1) is 12.6 Å². The maximum Gasteiger partial charge on any atom is 0.324 e. The van der Waals surface area contributed by atoms with E-state index < -0.39 is 6.03 Å². The SMILES string of the molecule is CC(NC(=O)CCCN1C(=O)CNC1=O)c1ccc2c(c1)OCCO2. The number of amides is 4. The predicted octanol–water partition coefficient (Wildman–Crippen LogP) is 0.967. The Kier molecular flexibility index (Phi) is 5.06. The number of rotatable bonds is 6. The van der Waals surface area contributed by atoms with Crippen LogP contribution in [0.5, 0.6) is 11.5 Å². The summed E-state index contributed by atoms with van der Waals surface area (Å²) >= 11 is 0. The topological polar surface area (TPSA) is 97.0 Å². The Labute approximate surface area is 145 Å². The highest BCUT2D eigenvalue weighted by atomic mass is 16.6. The largest absolute Gasteiger partial charge is 0.486 e. The lowest BCUT2D eigenvalue weighted by Gasteiger charge is -2.21. The van der Waals surface area contributed by atoms with E-state index >= 15 is 0 Å². The van der Waals surface area contributed by atoms with Gasteiger partial charge in [0.25, 0.3) is 0 Å². The summed E-state index contributed by atoms with van der Waals surface area (Å²) in [7, 11) is 0. The van der Waals surface area contributed by atoms with E-state index in [1.54, 1.807) is 0 Å². The van der Waals surface area contributed by atoms with Crippen LogP contribution in [0.2, 0.25) is 0 Å². The van der Waals surface area contributed by atoms with Gasteiger partial charge in [-0.25, -0.2) is 4.79 Å². The van der Waals surface area contributed by atoms with Crippen LogP contribution in [0.25, 0.3) is 0 Å². The van der Waals surface area contributed by atoms with Gasteiger partial charge in [-0.1, -0.05) is 6.07 Å². The van der Waals surface area contributed by atoms with Crippen LogP contribution in [0, 0.1) is 0 Å². The minimum atomic E-state index is -0.393. The van der Waals surface area contributed by atoms with E-state index in [1.807, 2.05) is 25.1 Å². The summed E-state index contributed by atoms with van der Waals surface area (Å²) in [6, 6.07) is 5.03. The molecule has 1 saturated heterocycles. The summed E-state index contributed by atoms with van der Waals surface area (Å²) in [5.74, 6) is 1.01. The standard InChI is InChI=1S/C17H21N3O5/c1-11(12-4-5-13-14(9-12)25-8-7-24-13)19-15(21)3-2-6-20-16(22)10-18-17(20)23/h4-5,9,11H,2-3,6-8,10H2,1H3,(H,18,23)(H,19,21). The number of nitrogens with zero attached hydrogens (tertiary/aromatic N) is 1. The molecule has 2 heterocycles. The maximum absolute atomic E-state index is 12.1. The van der Waals surface area contributed by atoms with E-state index in [9.17, 15) is 14.4 Å². The third-order valence-electron chi connectivity index (χ3n) is 4.17. The van der Waals surface area contributed by atoms with Crippen molar-refractivity contribution in [2.75, 3.05) is 26.3 Å². The Hall–Kier alpha value is -2.77. The Morgan fingerprint density at radius 3 is 2.76 bits per heavy atom. The summed E-state index contributed by atoms with van der Waals surface area (Å²) in [6.45, 7) is 3.22. The molecule has 134 valence electrons. The molecule has 0 aliphatic carbocycles. The van der Waals surface area contributed by atoms with Gasteiger partial charge in [-0.2, -0.15) is 0 Å². The molecule has 0 aromatic heterocycles. The molecule has 2 N–H and O–H groups in total. The average molecular weight is 347 g/mol. The van der Waals surface area contributed by atoms with Gasteiger partial charge in [-0.15, -0.1) is 0 Å². The third-order valence-corrected chi connectivity index (χ3v) is 4.17. The van der Waals surface area contributed by atoms with Gasteiger partial charge in [-0.3, -0.25) is 14.5 Å². The fraction of sp³-hybridized carbons (Fsp3) is 0.471. The van der Waals surface area contributed by atoms with Crippen LogP contribution >= 0.6 is 0 Å². The van der Waals surface area contributed by atoms with E-state index in [-0.39, 0.29) is 37.4 Å². The lowest BCUT2D eigenvalue weighted by molar-refractivity contribution is -0.126. The number of carbonyl (C=O) groups excluding carboxylic acids is 3. The fourth-order valence-corrected chi connectivity index (χ4v) is 2.81. The number of hydrogen-bond donors (Lipinski definition) is 2. The van der Waals surface area contributed by atoms with Gasteiger partial charge in [0.15, 0.2) is 11.5 Å². The van der Waals surface area contributed by atoms with E-state index in [2.05, 4.69) is 10.6 Å². The lowest BCUT2D eigenvalue weighted by atomic mass is 10.1. The normalized spacial score (nSPS) is 17.2. The van der Waals surface area contributed by atoms with Crippen LogP contribution in [0.1, 0.15) is 31.4 Å². The van der Waals surface area contributed by atoms with Crippen molar-refractivity contribution in [3.05, 3.63) is 23.8 Å². The second kappa shape index (κ2) is 7.42. The van der Waals surface area contributed by atoms with Crippen molar-refractivity contribution in [3.63, 3.8) is 0 Å². The molecule has 1 fully saturated rings. The first-order chi connectivity index (χ1) is 12.0. The summed E-state index contributed by atoms with van der Waals surface area (Å²) in [5, 5.41) is 5.36. The number of imide groups is 1. The monoisotopic (exact) mass is 347 g/mol. The van der Waals surface area contributed by atoms with Crippen LogP contribution in [0.15, 0.2) is 18.2 Å². The molecule has 2 aliphatic rings. The minimum absolute atomic E-state index is 0.0339. The predicted molar refractivity (Wildman–Crippen MR) is 88.3 cm³/mol. The highest BCUT2D eigenvalue weighted by Crippen LogP contribution is 2.32. The molecule has 2 aliphatic heterocycles. The average Bonchev–Trinajstić information content (AvgIpc) is 2.93. The Balaban J connectivity index is 1.47. The van der Waals surface area contributed by atoms with Gasteiger partial charge in [-0.05, 0) is 31.0 Å². The second-order valence-electron chi connectivity index (χ2n) is 6.00. The number of carbonyl (C=O) groups is 3. The first-order valence-electron chi connectivity index (χ1n) is 8.31. The number of benzene rings is 1. The molecule has 0 bridgehead atoms. The van der Waals surface area contributed by atoms with Crippen LogP contribution in [0.3, 0.4) is 0 Å². The molecule has 0 spiro atoms. The van der Waals surface area contributed by atoms with Crippen molar-refractivity contribution in [3.8, 4) is 11.5 Å². The first-order valence-corrected chi connectivity index (χ1v) is 8.31. The van der Waals surface area contributed by atoms with Crippen molar-refractivity contribution < 1.29 is 23.9 Å². The van der Waals surface area contributed by atoms with Crippen molar-refractivity contribution >= 4 is 17.8 Å². The zero-order chi connectivity index (χ0) is 17.8. The highest BCUT2D eigenvalue weighted by Gasteiger charge is 2.27. The van der Waals surface area contributed by atoms with Crippen molar-refractivity contribution in [1.82, 2.24) is 15.5 Å². The Morgan fingerprint density at radius 2 is 2.04 bits per heavy atom. The molecule has 25 heavy (non-hydrogen) atoms. The molecule has 1 aromatic rings. The molecular weight excluding hydrogens is 326 g/mol. The van der Waals surface area contributed by atoms with Crippen molar-refractivity contribution in [2.24, 2.45) is 0 Å². The van der Waals surface area contributed by atoms with Crippen LogP contribution in [0.4, 0.5) is 4.79 Å². The van der Waals surface area contributed by atoms with E-state index in [1.165, 1.54) is 0 Å². The Bertz CT molecular complexity index is 675. The fourth-order valence-electron chi connectivity index (χ4n) is 2.81. The van der Waals surface area contributed by atoms with Gasteiger partial charge in [0.1, 0.15) is 13.2 Å². The molecule has 0 saturated carbocycles. The number of fused-ring (bicyclic) bond motifs is 1. The van der Waals surface area contributed by atoms with Gasteiger partial charge in [0, 0.05) is 13.0 Å². The van der Waals surface area contributed by atoms with Crippen LogP contribution in [-0.4, -0.2) is 49.0 Å². The van der Waals surface area contributed by atoms with Crippen molar-refractivity contribution in [2.45, 2.75) is 25.8 Å². The molecule has 4 amide bonds. The third kappa shape index (κ3) is 4.01. The van der Waals surface area contributed by atoms with Crippen molar-refractivity contribution in [1.29, 1.82) is 0 Å². The minimum Gasteiger partial charge on any atom is -0.486 e. The quantitative estimate of drug-likeness (QED) is 0.748. The summed E-state index contributed by atoms with van der Waals surface area (Å²) in [5.41, 5.74) is 0.923.